The minimum absolute atomic E-state index is 0.158. The van der Waals surface area contributed by atoms with Crippen LogP contribution in [-0.2, 0) is 6.54 Å². The van der Waals surface area contributed by atoms with Crippen LogP contribution < -0.4 is 14.8 Å². The molecule has 2 aromatic heterocycles. The molecule has 0 unspecified atom stereocenters. The van der Waals surface area contributed by atoms with Crippen LogP contribution in [0.4, 0.5) is 4.39 Å². The number of rotatable bonds is 6. The van der Waals surface area contributed by atoms with E-state index < -0.39 is 5.82 Å². The number of hydrogen-bond donors (Lipinski definition) is 1. The molecular formula is C22H17FN2O4. The molecule has 0 aliphatic carbocycles. The highest BCUT2D eigenvalue weighted by molar-refractivity contribution is 5.97. The van der Waals surface area contributed by atoms with Crippen molar-refractivity contribution in [1.29, 1.82) is 0 Å². The molecule has 1 N–H and O–H groups in total. The highest BCUT2D eigenvalue weighted by atomic mass is 19.1. The van der Waals surface area contributed by atoms with Crippen molar-refractivity contribution in [3.05, 3.63) is 84.0 Å². The summed E-state index contributed by atoms with van der Waals surface area (Å²) in [5.41, 5.74) is 1.15. The average Bonchev–Trinajstić information content (AvgIpc) is 3.17. The molecule has 2 aromatic carbocycles. The van der Waals surface area contributed by atoms with Gasteiger partial charge in [-0.3, -0.25) is 4.79 Å². The monoisotopic (exact) mass is 392 g/mol. The van der Waals surface area contributed by atoms with Gasteiger partial charge in [0.1, 0.15) is 11.6 Å². The Hall–Kier alpha value is -3.87. The molecule has 4 aromatic rings. The number of aromatic nitrogens is 1. The van der Waals surface area contributed by atoms with Gasteiger partial charge in [-0.1, -0.05) is 24.3 Å². The Morgan fingerprint density at radius 1 is 1.14 bits per heavy atom. The van der Waals surface area contributed by atoms with E-state index in [4.69, 9.17) is 13.9 Å². The number of para-hydroxylation sites is 1. The van der Waals surface area contributed by atoms with Gasteiger partial charge < -0.3 is 19.2 Å². The standard InChI is InChI=1S/C22H17FN2O4/c1-27-18-9-2-5-14-11-19(29-20(14)18)21(26)25-13-15-6-4-10-24-22(15)28-17-8-3-7-16(23)12-17/h2-12H,13H2,1H3,(H,25,26). The largest absolute Gasteiger partial charge is 0.493 e. The summed E-state index contributed by atoms with van der Waals surface area (Å²) < 4.78 is 29.9. The molecule has 6 nitrogen and oxygen atoms in total. The summed E-state index contributed by atoms with van der Waals surface area (Å²) in [4.78, 5) is 16.7. The number of nitrogens with zero attached hydrogens (tertiary/aromatic N) is 1. The predicted molar refractivity (Wildman–Crippen MR) is 105 cm³/mol. The van der Waals surface area contributed by atoms with Gasteiger partial charge >= 0.3 is 0 Å². The quantitative estimate of drug-likeness (QED) is 0.515. The lowest BCUT2D eigenvalue weighted by molar-refractivity contribution is 0.0925. The Labute approximate surface area is 165 Å². The maximum absolute atomic E-state index is 13.4. The molecule has 1 amide bonds. The number of halogens is 1. The Bertz CT molecular complexity index is 1170. The van der Waals surface area contributed by atoms with Crippen molar-refractivity contribution >= 4 is 16.9 Å². The van der Waals surface area contributed by atoms with E-state index in [1.54, 1.807) is 49.7 Å². The van der Waals surface area contributed by atoms with E-state index >= 15 is 0 Å². The second-order valence-corrected chi connectivity index (χ2v) is 6.20. The molecule has 0 spiro atoms. The lowest BCUT2D eigenvalue weighted by atomic mass is 10.2. The van der Waals surface area contributed by atoms with Crippen LogP contribution in [0.5, 0.6) is 17.4 Å². The van der Waals surface area contributed by atoms with E-state index in [9.17, 15) is 9.18 Å². The Morgan fingerprint density at radius 3 is 2.83 bits per heavy atom. The number of hydrogen-bond acceptors (Lipinski definition) is 5. The molecular weight excluding hydrogens is 375 g/mol. The molecule has 7 heteroatoms. The highest BCUT2D eigenvalue weighted by Crippen LogP contribution is 2.28. The Kier molecular flexibility index (Phi) is 5.11. The third kappa shape index (κ3) is 4.03. The van der Waals surface area contributed by atoms with Crippen molar-refractivity contribution in [2.24, 2.45) is 0 Å². The molecule has 4 rings (SSSR count). The van der Waals surface area contributed by atoms with E-state index in [1.165, 1.54) is 12.1 Å². The van der Waals surface area contributed by atoms with Crippen molar-refractivity contribution in [1.82, 2.24) is 10.3 Å². The number of fused-ring (bicyclic) bond motifs is 1. The van der Waals surface area contributed by atoms with Crippen LogP contribution in [-0.4, -0.2) is 18.0 Å². The van der Waals surface area contributed by atoms with Crippen molar-refractivity contribution in [3.8, 4) is 17.4 Å². The van der Waals surface area contributed by atoms with Crippen molar-refractivity contribution < 1.29 is 23.1 Å². The smallest absolute Gasteiger partial charge is 0.287 e. The highest BCUT2D eigenvalue weighted by Gasteiger charge is 2.16. The van der Waals surface area contributed by atoms with Gasteiger partial charge in [-0.15, -0.1) is 0 Å². The summed E-state index contributed by atoms with van der Waals surface area (Å²) in [6.45, 7) is 0.158. The zero-order valence-electron chi connectivity index (χ0n) is 15.5. The van der Waals surface area contributed by atoms with E-state index in [-0.39, 0.29) is 24.1 Å². The number of methoxy groups -OCH3 is 1. The molecule has 0 radical (unpaired) electrons. The van der Waals surface area contributed by atoms with Gasteiger partial charge in [-0.05, 0) is 30.3 Å². The van der Waals surface area contributed by atoms with E-state index in [0.29, 0.717) is 22.6 Å². The second-order valence-electron chi connectivity index (χ2n) is 6.20. The summed E-state index contributed by atoms with van der Waals surface area (Å²) >= 11 is 0. The van der Waals surface area contributed by atoms with Crippen LogP contribution in [0, 0.1) is 5.82 Å². The lowest BCUT2D eigenvalue weighted by Gasteiger charge is -2.10. The molecule has 0 saturated carbocycles. The molecule has 29 heavy (non-hydrogen) atoms. The van der Waals surface area contributed by atoms with Crippen LogP contribution >= 0.6 is 0 Å². The third-order valence-corrected chi connectivity index (χ3v) is 4.25. The normalized spacial score (nSPS) is 10.7. The third-order valence-electron chi connectivity index (χ3n) is 4.25. The molecule has 2 heterocycles. The Morgan fingerprint density at radius 2 is 2.00 bits per heavy atom. The molecule has 0 saturated heterocycles. The van der Waals surface area contributed by atoms with Crippen molar-refractivity contribution in [3.63, 3.8) is 0 Å². The first-order chi connectivity index (χ1) is 14.1. The Balaban J connectivity index is 1.50. The molecule has 0 atom stereocenters. The molecule has 0 bridgehead atoms. The number of furan rings is 1. The molecule has 146 valence electrons. The summed E-state index contributed by atoms with van der Waals surface area (Å²) in [7, 11) is 1.54. The van der Waals surface area contributed by atoms with Gasteiger partial charge in [-0.25, -0.2) is 9.37 Å². The fourth-order valence-corrected chi connectivity index (χ4v) is 2.86. The van der Waals surface area contributed by atoms with E-state index in [2.05, 4.69) is 10.3 Å². The number of ether oxygens (including phenoxy) is 2. The number of benzene rings is 2. The molecule has 0 aliphatic heterocycles. The van der Waals surface area contributed by atoms with Gasteiger partial charge in [0.05, 0.1) is 7.11 Å². The maximum atomic E-state index is 13.4. The average molecular weight is 392 g/mol. The van der Waals surface area contributed by atoms with Crippen molar-refractivity contribution in [2.45, 2.75) is 6.54 Å². The van der Waals surface area contributed by atoms with Crippen LogP contribution in [0.2, 0.25) is 0 Å². The van der Waals surface area contributed by atoms with Crippen LogP contribution in [0.3, 0.4) is 0 Å². The fourth-order valence-electron chi connectivity index (χ4n) is 2.86. The first kappa shape index (κ1) is 18.5. The zero-order valence-corrected chi connectivity index (χ0v) is 15.5. The van der Waals surface area contributed by atoms with Crippen LogP contribution in [0.15, 0.2) is 71.3 Å². The number of nitrogens with one attached hydrogen (secondary N) is 1. The summed E-state index contributed by atoms with van der Waals surface area (Å²) in [6, 6.07) is 16.3. The summed E-state index contributed by atoms with van der Waals surface area (Å²) in [5, 5.41) is 3.55. The molecule has 0 aliphatic rings. The topological polar surface area (TPSA) is 73.6 Å². The van der Waals surface area contributed by atoms with Crippen molar-refractivity contribution in [2.75, 3.05) is 7.11 Å². The van der Waals surface area contributed by atoms with Crippen LogP contribution in [0.25, 0.3) is 11.0 Å². The van der Waals surface area contributed by atoms with Gasteiger partial charge in [0, 0.05) is 29.8 Å². The number of carbonyl (C=O) groups excluding carboxylic acids is 1. The minimum Gasteiger partial charge on any atom is -0.493 e. The molecule has 0 fully saturated rings. The number of carbonyl (C=O) groups is 1. The number of amides is 1. The first-order valence-electron chi connectivity index (χ1n) is 8.86. The van der Waals surface area contributed by atoms with Gasteiger partial charge in [-0.2, -0.15) is 0 Å². The number of pyridine rings is 1. The first-order valence-corrected chi connectivity index (χ1v) is 8.86. The predicted octanol–water partition coefficient (Wildman–Crippen LogP) is 4.70. The lowest BCUT2D eigenvalue weighted by Crippen LogP contribution is -2.22. The van der Waals surface area contributed by atoms with Gasteiger partial charge in [0.2, 0.25) is 5.88 Å². The maximum Gasteiger partial charge on any atom is 0.287 e. The fraction of sp³-hybridized carbons (Fsp3) is 0.0909. The van der Waals surface area contributed by atoms with Crippen LogP contribution in [0.1, 0.15) is 16.1 Å². The van der Waals surface area contributed by atoms with E-state index in [1.807, 2.05) is 12.1 Å². The minimum atomic E-state index is -0.409. The van der Waals surface area contributed by atoms with E-state index in [0.717, 1.165) is 5.39 Å². The zero-order chi connectivity index (χ0) is 20.2. The van der Waals surface area contributed by atoms with Gasteiger partial charge in [0.15, 0.2) is 17.1 Å². The second kappa shape index (κ2) is 8.02. The summed E-state index contributed by atoms with van der Waals surface area (Å²) in [5.74, 6) is 0.531. The van der Waals surface area contributed by atoms with Gasteiger partial charge in [0.25, 0.3) is 5.91 Å². The summed E-state index contributed by atoms with van der Waals surface area (Å²) in [6.07, 6.45) is 1.56. The SMILES string of the molecule is COc1cccc2cc(C(=O)NCc3cccnc3Oc3cccc(F)c3)oc12.